The van der Waals surface area contributed by atoms with Crippen LogP contribution >= 0.6 is 11.8 Å². The number of rotatable bonds is 3. The van der Waals surface area contributed by atoms with Gasteiger partial charge in [0.25, 0.3) is 0 Å². The second-order valence-electron chi connectivity index (χ2n) is 4.78. The molecule has 0 bridgehead atoms. The summed E-state index contributed by atoms with van der Waals surface area (Å²) in [6, 6.07) is 3.72. The molecule has 1 aliphatic carbocycles. The predicted octanol–water partition coefficient (Wildman–Crippen LogP) is 2.11. The summed E-state index contributed by atoms with van der Waals surface area (Å²) in [5.74, 6) is 0.511. The Balaban J connectivity index is 2.00. The molecule has 2 atom stereocenters. The first-order chi connectivity index (χ1) is 8.45. The van der Waals surface area contributed by atoms with Crippen LogP contribution in [0.15, 0.2) is 23.2 Å². The van der Waals surface area contributed by atoms with Gasteiger partial charge in [0.1, 0.15) is 15.7 Å². The lowest BCUT2D eigenvalue weighted by Gasteiger charge is -2.27. The van der Waals surface area contributed by atoms with Crippen molar-refractivity contribution in [1.82, 2.24) is 4.98 Å². The molecule has 0 aliphatic heterocycles. The first-order valence-electron chi connectivity index (χ1n) is 6.02. The first-order valence-corrected chi connectivity index (χ1v) is 8.85. The van der Waals surface area contributed by atoms with Crippen molar-refractivity contribution in [3.05, 3.63) is 18.3 Å². The van der Waals surface area contributed by atoms with Crippen molar-refractivity contribution in [2.45, 2.75) is 41.1 Å². The molecule has 100 valence electrons. The zero-order valence-electron chi connectivity index (χ0n) is 10.4. The molecule has 0 radical (unpaired) electrons. The minimum absolute atomic E-state index is 0.175. The number of sulfone groups is 1. The largest absolute Gasteiger partial charge is 0.384 e. The molecule has 1 aromatic rings. The minimum Gasteiger partial charge on any atom is -0.384 e. The van der Waals surface area contributed by atoms with Crippen molar-refractivity contribution in [3.8, 4) is 0 Å². The van der Waals surface area contributed by atoms with E-state index in [0.717, 1.165) is 30.6 Å². The van der Waals surface area contributed by atoms with Crippen LogP contribution in [0, 0.1) is 0 Å². The number of hydrogen-bond donors (Lipinski definition) is 1. The molecule has 2 unspecified atom stereocenters. The SMILES string of the molecule is CS(=O)(=O)C1CCCC(Sc2ccc(N)nc2)C1. The number of aromatic nitrogens is 1. The summed E-state index contributed by atoms with van der Waals surface area (Å²) in [5, 5.41) is 0.189. The molecule has 0 saturated heterocycles. The average Bonchev–Trinajstić information content (AvgIpc) is 2.31. The fourth-order valence-electron chi connectivity index (χ4n) is 2.25. The van der Waals surface area contributed by atoms with Crippen LogP contribution in [0.4, 0.5) is 5.82 Å². The molecular weight excluding hydrogens is 268 g/mol. The highest BCUT2D eigenvalue weighted by Gasteiger charge is 2.29. The predicted molar refractivity (Wildman–Crippen MR) is 75.4 cm³/mol. The van der Waals surface area contributed by atoms with Crippen LogP contribution < -0.4 is 5.73 Å². The Morgan fingerprint density at radius 2 is 2.17 bits per heavy atom. The van der Waals surface area contributed by atoms with E-state index in [1.165, 1.54) is 6.26 Å². The van der Waals surface area contributed by atoms with Crippen LogP contribution in [0.5, 0.6) is 0 Å². The second-order valence-corrected chi connectivity index (χ2v) is 8.48. The van der Waals surface area contributed by atoms with Crippen molar-refractivity contribution in [1.29, 1.82) is 0 Å². The Morgan fingerprint density at radius 3 is 2.78 bits per heavy atom. The van der Waals surface area contributed by atoms with Gasteiger partial charge in [0.05, 0.1) is 5.25 Å². The summed E-state index contributed by atoms with van der Waals surface area (Å²) < 4.78 is 23.2. The van der Waals surface area contributed by atoms with E-state index < -0.39 is 9.84 Å². The molecule has 4 nitrogen and oxygen atoms in total. The van der Waals surface area contributed by atoms with Crippen LogP contribution in [0.3, 0.4) is 0 Å². The molecule has 18 heavy (non-hydrogen) atoms. The zero-order chi connectivity index (χ0) is 13.2. The van der Waals surface area contributed by atoms with Crippen molar-refractivity contribution < 1.29 is 8.42 Å². The van der Waals surface area contributed by atoms with Gasteiger partial charge in [0, 0.05) is 22.6 Å². The van der Waals surface area contributed by atoms with Crippen molar-refractivity contribution in [2.24, 2.45) is 0 Å². The lowest BCUT2D eigenvalue weighted by Crippen LogP contribution is -2.28. The molecule has 1 fully saturated rings. The first kappa shape index (κ1) is 13.7. The summed E-state index contributed by atoms with van der Waals surface area (Å²) in [7, 11) is -2.91. The number of nitrogen functional groups attached to an aromatic ring is 1. The topological polar surface area (TPSA) is 73.0 Å². The second kappa shape index (κ2) is 5.48. The Kier molecular flexibility index (Phi) is 4.17. The van der Waals surface area contributed by atoms with Crippen LogP contribution in [0.1, 0.15) is 25.7 Å². The lowest BCUT2D eigenvalue weighted by atomic mass is 10.00. The van der Waals surface area contributed by atoms with Crippen LogP contribution in [-0.4, -0.2) is 30.2 Å². The van der Waals surface area contributed by atoms with Gasteiger partial charge in [0.2, 0.25) is 0 Å². The van der Waals surface area contributed by atoms with Gasteiger partial charge in [0.15, 0.2) is 0 Å². The zero-order valence-corrected chi connectivity index (χ0v) is 12.0. The van der Waals surface area contributed by atoms with E-state index >= 15 is 0 Å². The molecule has 1 saturated carbocycles. The number of nitrogens with two attached hydrogens (primary N) is 1. The standard InChI is InChI=1S/C12H18N2O2S2/c1-18(15,16)11-4-2-3-9(7-11)17-10-5-6-12(13)14-8-10/h5-6,8-9,11H,2-4,7H2,1H3,(H2,13,14). The molecule has 2 N–H and O–H groups in total. The maximum atomic E-state index is 11.6. The van der Waals surface area contributed by atoms with Gasteiger partial charge in [-0.1, -0.05) is 6.42 Å². The minimum atomic E-state index is -2.91. The number of nitrogens with zero attached hydrogens (tertiary/aromatic N) is 1. The van der Waals surface area contributed by atoms with E-state index in [4.69, 9.17) is 5.73 Å². The third-order valence-corrected chi connectivity index (χ3v) is 6.16. The van der Waals surface area contributed by atoms with Crippen LogP contribution in [-0.2, 0) is 9.84 Å². The summed E-state index contributed by atoms with van der Waals surface area (Å²) in [4.78, 5) is 5.11. The van der Waals surface area contributed by atoms with Crippen molar-refractivity contribution in [3.63, 3.8) is 0 Å². The third-order valence-electron chi connectivity index (χ3n) is 3.25. The van der Waals surface area contributed by atoms with E-state index in [-0.39, 0.29) is 5.25 Å². The Bertz CT molecular complexity index is 499. The van der Waals surface area contributed by atoms with Gasteiger partial charge in [-0.2, -0.15) is 0 Å². The molecule has 1 aromatic heterocycles. The Morgan fingerprint density at radius 1 is 1.39 bits per heavy atom. The smallest absolute Gasteiger partial charge is 0.150 e. The van der Waals surface area contributed by atoms with E-state index in [9.17, 15) is 8.42 Å². The third kappa shape index (κ3) is 3.62. The van der Waals surface area contributed by atoms with Crippen LogP contribution in [0.2, 0.25) is 0 Å². The number of anilines is 1. The molecule has 6 heteroatoms. The number of thioether (sulfide) groups is 1. The molecule has 2 rings (SSSR count). The monoisotopic (exact) mass is 286 g/mol. The molecule has 0 spiro atoms. The molecule has 0 amide bonds. The molecular formula is C12H18N2O2S2. The fraction of sp³-hybridized carbons (Fsp3) is 0.583. The van der Waals surface area contributed by atoms with Gasteiger partial charge < -0.3 is 5.73 Å². The highest BCUT2D eigenvalue weighted by atomic mass is 32.2. The Labute approximate surface area is 112 Å². The summed E-state index contributed by atoms with van der Waals surface area (Å²) in [6.07, 6.45) is 6.70. The van der Waals surface area contributed by atoms with Crippen molar-refractivity contribution in [2.75, 3.05) is 12.0 Å². The summed E-state index contributed by atoms with van der Waals surface area (Å²) >= 11 is 1.71. The van der Waals surface area contributed by atoms with Gasteiger partial charge in [-0.15, -0.1) is 11.8 Å². The quantitative estimate of drug-likeness (QED) is 0.921. The van der Waals surface area contributed by atoms with E-state index in [1.54, 1.807) is 24.0 Å². The number of pyridine rings is 1. The maximum absolute atomic E-state index is 11.6. The van der Waals surface area contributed by atoms with Crippen LogP contribution in [0.25, 0.3) is 0 Å². The van der Waals surface area contributed by atoms with Gasteiger partial charge >= 0.3 is 0 Å². The fourth-order valence-corrected chi connectivity index (χ4v) is 4.81. The lowest BCUT2D eigenvalue weighted by molar-refractivity contribution is 0.495. The van der Waals surface area contributed by atoms with Gasteiger partial charge in [-0.05, 0) is 31.4 Å². The van der Waals surface area contributed by atoms with Gasteiger partial charge in [-0.3, -0.25) is 0 Å². The molecule has 0 aromatic carbocycles. The highest BCUT2D eigenvalue weighted by Crippen LogP contribution is 2.35. The van der Waals surface area contributed by atoms with E-state index in [1.807, 2.05) is 6.07 Å². The van der Waals surface area contributed by atoms with Gasteiger partial charge in [-0.25, -0.2) is 13.4 Å². The number of hydrogen-bond acceptors (Lipinski definition) is 5. The normalized spacial score (nSPS) is 24.9. The van der Waals surface area contributed by atoms with E-state index in [2.05, 4.69) is 4.98 Å². The summed E-state index contributed by atoms with van der Waals surface area (Å²) in [6.45, 7) is 0. The van der Waals surface area contributed by atoms with E-state index in [0.29, 0.717) is 11.1 Å². The Hall–Kier alpha value is -0.750. The summed E-state index contributed by atoms with van der Waals surface area (Å²) in [5.41, 5.74) is 5.54. The van der Waals surface area contributed by atoms with Crippen molar-refractivity contribution >= 4 is 27.4 Å². The maximum Gasteiger partial charge on any atom is 0.150 e. The average molecular weight is 286 g/mol. The molecule has 1 aliphatic rings. The molecule has 1 heterocycles. The highest BCUT2D eigenvalue weighted by molar-refractivity contribution is 8.00.